The third-order valence-corrected chi connectivity index (χ3v) is 10.3. The minimum Gasteiger partial charge on any atom is -0.428 e. The SMILES string of the molecule is Cc1ccc(OC(=O)OC(C)(C)C)c(Cc2cc(C)cc(C(C)(C)C)c2OC(=O)c2ccc(C(=O)Oc3c(Cc4cc(C)ccc4OC(=O)OC(C)(C)C)cc(C)cc3C(C)(C)C)cc2)c1. The quantitative estimate of drug-likeness (QED) is 0.0760. The number of ether oxygens (including phenoxy) is 6. The average molecular weight is 899 g/mol. The van der Waals surface area contributed by atoms with Crippen molar-refractivity contribution in [2.75, 3.05) is 0 Å². The standard InChI is InChI=1S/C56H66O10/c1-33-17-23-45(61-51(59)65-55(11,12)13)39(25-33)31-41-27-35(3)29-43(53(5,6)7)47(41)63-49(57)37-19-21-38(22-20-37)50(58)64-48-42(28-36(4)30-44(48)54(8,9)10)32-40-26-34(2)18-24-46(40)62-52(60)66-56(14,15)16/h17-30H,31-32H2,1-16H3. The van der Waals surface area contributed by atoms with Crippen molar-refractivity contribution in [3.8, 4) is 23.0 Å². The summed E-state index contributed by atoms with van der Waals surface area (Å²) in [4.78, 5) is 53.7. The molecule has 0 aromatic heterocycles. The molecule has 0 aliphatic rings. The summed E-state index contributed by atoms with van der Waals surface area (Å²) in [7, 11) is 0. The molecule has 0 fully saturated rings. The van der Waals surface area contributed by atoms with Crippen molar-refractivity contribution in [3.63, 3.8) is 0 Å². The van der Waals surface area contributed by atoms with Gasteiger partial charge in [0.25, 0.3) is 0 Å². The molecule has 66 heavy (non-hydrogen) atoms. The van der Waals surface area contributed by atoms with Gasteiger partial charge in [-0.05, 0) is 128 Å². The molecule has 0 amide bonds. The van der Waals surface area contributed by atoms with Crippen molar-refractivity contribution in [1.82, 2.24) is 0 Å². The van der Waals surface area contributed by atoms with E-state index in [1.165, 1.54) is 0 Å². The molecule has 5 aromatic carbocycles. The van der Waals surface area contributed by atoms with E-state index in [1.54, 1.807) is 77.9 Å². The highest BCUT2D eigenvalue weighted by atomic mass is 16.7. The van der Waals surface area contributed by atoms with Gasteiger partial charge in [0.2, 0.25) is 0 Å². The Morgan fingerprint density at radius 2 is 0.712 bits per heavy atom. The fourth-order valence-electron chi connectivity index (χ4n) is 7.38. The molecule has 0 radical (unpaired) electrons. The van der Waals surface area contributed by atoms with Crippen LogP contribution in [0.4, 0.5) is 9.59 Å². The molecule has 0 aliphatic carbocycles. The first-order chi connectivity index (χ1) is 30.5. The van der Waals surface area contributed by atoms with Gasteiger partial charge in [0, 0.05) is 35.1 Å². The second-order valence-corrected chi connectivity index (χ2v) is 21.2. The lowest BCUT2D eigenvalue weighted by molar-refractivity contribution is 0.0191. The van der Waals surface area contributed by atoms with E-state index in [9.17, 15) is 19.2 Å². The maximum absolute atomic E-state index is 14.1. The lowest BCUT2D eigenvalue weighted by Crippen LogP contribution is -2.26. The fraction of sp³-hybridized carbons (Fsp3) is 0.393. The Kier molecular flexibility index (Phi) is 15.0. The molecular weight excluding hydrogens is 833 g/mol. The molecule has 0 heterocycles. The van der Waals surface area contributed by atoms with Gasteiger partial charge in [-0.1, -0.05) is 112 Å². The minimum absolute atomic E-state index is 0.228. The van der Waals surface area contributed by atoms with E-state index in [4.69, 9.17) is 28.4 Å². The van der Waals surface area contributed by atoms with Gasteiger partial charge in [0.15, 0.2) is 0 Å². The number of hydrogen-bond acceptors (Lipinski definition) is 10. The van der Waals surface area contributed by atoms with Crippen molar-refractivity contribution in [1.29, 1.82) is 0 Å². The van der Waals surface area contributed by atoms with Crippen LogP contribution in [0, 0.1) is 27.7 Å². The van der Waals surface area contributed by atoms with Crippen LogP contribution in [-0.2, 0) is 33.1 Å². The van der Waals surface area contributed by atoms with Crippen LogP contribution in [-0.4, -0.2) is 35.5 Å². The zero-order valence-electron chi connectivity index (χ0n) is 41.6. The average Bonchev–Trinajstić information content (AvgIpc) is 3.16. The van der Waals surface area contributed by atoms with Gasteiger partial charge in [0.05, 0.1) is 11.1 Å². The van der Waals surface area contributed by atoms with Gasteiger partial charge < -0.3 is 28.4 Å². The molecule has 10 heteroatoms. The van der Waals surface area contributed by atoms with Gasteiger partial charge in [-0.2, -0.15) is 0 Å². The van der Waals surface area contributed by atoms with Crippen LogP contribution in [0.2, 0.25) is 0 Å². The zero-order valence-corrected chi connectivity index (χ0v) is 41.6. The normalized spacial score (nSPS) is 12.0. The second kappa shape index (κ2) is 19.6. The molecule has 0 aliphatic heterocycles. The van der Waals surface area contributed by atoms with Gasteiger partial charge in [-0.15, -0.1) is 0 Å². The molecule has 10 nitrogen and oxygen atoms in total. The van der Waals surface area contributed by atoms with Gasteiger partial charge in [-0.3, -0.25) is 0 Å². The Balaban J connectivity index is 1.45. The van der Waals surface area contributed by atoms with Crippen LogP contribution in [0.15, 0.2) is 84.9 Å². The van der Waals surface area contributed by atoms with E-state index in [-0.39, 0.29) is 24.0 Å². The Morgan fingerprint density at radius 1 is 0.394 bits per heavy atom. The van der Waals surface area contributed by atoms with Crippen molar-refractivity contribution >= 4 is 24.2 Å². The number of rotatable bonds is 10. The molecule has 0 spiro atoms. The van der Waals surface area contributed by atoms with Gasteiger partial charge >= 0.3 is 24.2 Å². The first-order valence-corrected chi connectivity index (χ1v) is 22.3. The number of carbonyl (C=O) groups is 4. The number of hydrogen-bond donors (Lipinski definition) is 0. The highest BCUT2D eigenvalue weighted by Crippen LogP contribution is 2.40. The predicted octanol–water partition coefficient (Wildman–Crippen LogP) is 13.8. The number of carbonyl (C=O) groups excluding carboxylic acids is 4. The smallest absolute Gasteiger partial charge is 0.428 e. The summed E-state index contributed by atoms with van der Waals surface area (Å²) < 4.78 is 34.9. The molecule has 0 saturated heterocycles. The molecular formula is C56H66O10. The van der Waals surface area contributed by atoms with Crippen LogP contribution < -0.4 is 18.9 Å². The molecule has 0 saturated carbocycles. The van der Waals surface area contributed by atoms with Crippen LogP contribution in [0.5, 0.6) is 23.0 Å². The van der Waals surface area contributed by atoms with Crippen molar-refractivity contribution in [2.24, 2.45) is 0 Å². The van der Waals surface area contributed by atoms with Crippen LogP contribution in [0.1, 0.15) is 159 Å². The molecule has 5 aromatic rings. The first kappa shape index (κ1) is 50.6. The fourth-order valence-corrected chi connectivity index (χ4v) is 7.38. The van der Waals surface area contributed by atoms with Crippen molar-refractivity contribution < 1.29 is 47.6 Å². The lowest BCUT2D eigenvalue weighted by Gasteiger charge is -2.26. The van der Waals surface area contributed by atoms with Gasteiger partial charge in [-0.25, -0.2) is 19.2 Å². The van der Waals surface area contributed by atoms with E-state index < -0.39 is 46.3 Å². The minimum atomic E-state index is -0.816. The predicted molar refractivity (Wildman–Crippen MR) is 258 cm³/mol. The monoisotopic (exact) mass is 898 g/mol. The van der Waals surface area contributed by atoms with Gasteiger partial charge in [0.1, 0.15) is 34.2 Å². The summed E-state index contributed by atoms with van der Waals surface area (Å²) in [5.74, 6) is 0.264. The number of aryl methyl sites for hydroxylation is 4. The van der Waals surface area contributed by atoms with E-state index >= 15 is 0 Å². The number of benzene rings is 5. The second-order valence-electron chi connectivity index (χ2n) is 21.2. The topological polar surface area (TPSA) is 124 Å². The highest BCUT2D eigenvalue weighted by molar-refractivity contribution is 5.95. The highest BCUT2D eigenvalue weighted by Gasteiger charge is 2.29. The van der Waals surface area contributed by atoms with Crippen molar-refractivity contribution in [2.45, 2.75) is 146 Å². The summed E-state index contributed by atoms with van der Waals surface area (Å²) in [6, 6.07) is 25.2. The van der Waals surface area contributed by atoms with Crippen LogP contribution in [0.25, 0.3) is 0 Å². The Morgan fingerprint density at radius 3 is 1.02 bits per heavy atom. The third-order valence-electron chi connectivity index (χ3n) is 10.3. The molecule has 5 rings (SSSR count). The molecule has 0 bridgehead atoms. The molecule has 0 N–H and O–H groups in total. The summed E-state index contributed by atoms with van der Waals surface area (Å²) in [6.07, 6.45) is -1.05. The largest absolute Gasteiger partial charge is 0.514 e. The summed E-state index contributed by atoms with van der Waals surface area (Å²) in [5.41, 5.74) is 6.54. The van der Waals surface area contributed by atoms with Crippen LogP contribution in [0.3, 0.4) is 0 Å². The lowest BCUT2D eigenvalue weighted by atomic mass is 9.83. The Bertz CT molecular complexity index is 2440. The maximum Gasteiger partial charge on any atom is 0.514 e. The summed E-state index contributed by atoms with van der Waals surface area (Å²) in [6.45, 7) is 30.8. The maximum atomic E-state index is 14.1. The van der Waals surface area contributed by atoms with Crippen molar-refractivity contribution in [3.05, 3.63) is 152 Å². The van der Waals surface area contributed by atoms with E-state index in [0.29, 0.717) is 34.1 Å². The first-order valence-electron chi connectivity index (χ1n) is 22.3. The molecule has 0 atom stereocenters. The van der Waals surface area contributed by atoms with E-state index in [1.807, 2.05) is 76.2 Å². The third kappa shape index (κ3) is 13.8. The number of esters is 2. The zero-order chi connectivity index (χ0) is 49.1. The summed E-state index contributed by atoms with van der Waals surface area (Å²) >= 11 is 0. The Labute approximate surface area is 390 Å². The Hall–Kier alpha value is -6.42. The van der Waals surface area contributed by atoms with Crippen LogP contribution >= 0.6 is 0 Å². The molecule has 0 unspecified atom stereocenters. The van der Waals surface area contributed by atoms with E-state index in [0.717, 1.165) is 44.5 Å². The summed E-state index contributed by atoms with van der Waals surface area (Å²) in [5, 5.41) is 0. The molecule has 350 valence electrons. The van der Waals surface area contributed by atoms with E-state index in [2.05, 4.69) is 41.5 Å².